The Morgan fingerprint density at radius 1 is 1.10 bits per heavy atom. The first-order valence-electron chi connectivity index (χ1n) is 10.9. The first kappa shape index (κ1) is 19.7. The molecule has 2 N–H and O–H groups in total. The van der Waals surface area contributed by atoms with E-state index in [4.69, 9.17) is 4.74 Å². The second-order valence-electron chi connectivity index (χ2n) is 9.29. The number of carbonyl (C=O) groups excluding carboxylic acids is 1. The van der Waals surface area contributed by atoms with Crippen LogP contribution in [0.5, 0.6) is 11.5 Å². The molecule has 1 aliphatic carbocycles. The third kappa shape index (κ3) is 3.27. The molecular formula is C27H27NO3. The number of nitrogens with one attached hydrogen (secondary N) is 1. The van der Waals surface area contributed by atoms with E-state index >= 15 is 0 Å². The van der Waals surface area contributed by atoms with Crippen LogP contribution in [-0.2, 0) is 4.79 Å². The predicted molar refractivity (Wildman–Crippen MR) is 125 cm³/mol. The first-order valence-corrected chi connectivity index (χ1v) is 10.9. The van der Waals surface area contributed by atoms with Crippen molar-refractivity contribution in [3.8, 4) is 11.5 Å². The fourth-order valence-corrected chi connectivity index (χ4v) is 5.08. The van der Waals surface area contributed by atoms with Crippen LogP contribution in [-0.4, -0.2) is 17.5 Å². The lowest BCUT2D eigenvalue weighted by molar-refractivity contribution is -0.116. The average molecular weight is 414 g/mol. The molecule has 4 nitrogen and oxygen atoms in total. The number of ether oxygens (including phenoxy) is 1. The van der Waals surface area contributed by atoms with Crippen molar-refractivity contribution in [1.82, 2.24) is 0 Å². The smallest absolute Gasteiger partial charge is 0.164 e. The largest absolute Gasteiger partial charge is 0.504 e. The molecule has 2 aliphatic rings. The summed E-state index contributed by atoms with van der Waals surface area (Å²) >= 11 is 0. The van der Waals surface area contributed by atoms with Crippen LogP contribution in [0.1, 0.15) is 50.8 Å². The van der Waals surface area contributed by atoms with Crippen LogP contribution in [0.15, 0.2) is 60.2 Å². The maximum atomic E-state index is 13.5. The highest BCUT2D eigenvalue weighted by atomic mass is 16.5. The number of hydrogen-bond acceptors (Lipinski definition) is 4. The van der Waals surface area contributed by atoms with Gasteiger partial charge in [-0.25, -0.2) is 0 Å². The van der Waals surface area contributed by atoms with Gasteiger partial charge >= 0.3 is 0 Å². The van der Waals surface area contributed by atoms with Crippen molar-refractivity contribution >= 4 is 27.8 Å². The average Bonchev–Trinajstić information content (AvgIpc) is 2.73. The summed E-state index contributed by atoms with van der Waals surface area (Å²) in [6.07, 6.45) is 1.38. The van der Waals surface area contributed by atoms with Gasteiger partial charge in [0.25, 0.3) is 0 Å². The second-order valence-corrected chi connectivity index (χ2v) is 9.29. The molecule has 0 fully saturated rings. The van der Waals surface area contributed by atoms with Gasteiger partial charge in [-0.3, -0.25) is 4.79 Å². The van der Waals surface area contributed by atoms with E-state index in [9.17, 15) is 9.90 Å². The van der Waals surface area contributed by atoms with Crippen LogP contribution in [0.25, 0.3) is 16.3 Å². The van der Waals surface area contributed by atoms with Crippen LogP contribution in [0.3, 0.4) is 0 Å². The Bertz CT molecular complexity index is 1240. The second kappa shape index (κ2) is 7.16. The van der Waals surface area contributed by atoms with Crippen molar-refractivity contribution in [2.75, 3.05) is 11.9 Å². The van der Waals surface area contributed by atoms with E-state index < -0.39 is 0 Å². The third-order valence-electron chi connectivity index (χ3n) is 6.35. The molecule has 1 unspecified atom stereocenters. The molecule has 0 saturated carbocycles. The van der Waals surface area contributed by atoms with E-state index in [1.165, 1.54) is 0 Å². The van der Waals surface area contributed by atoms with Crippen molar-refractivity contribution in [1.29, 1.82) is 0 Å². The number of allylic oxidation sites excluding steroid dienone is 1. The summed E-state index contributed by atoms with van der Waals surface area (Å²) in [4.78, 5) is 13.5. The van der Waals surface area contributed by atoms with Crippen molar-refractivity contribution in [2.24, 2.45) is 5.41 Å². The third-order valence-corrected chi connectivity index (χ3v) is 6.35. The minimum Gasteiger partial charge on any atom is -0.504 e. The first-order chi connectivity index (χ1) is 14.9. The van der Waals surface area contributed by atoms with E-state index in [1.807, 2.05) is 31.2 Å². The van der Waals surface area contributed by atoms with Gasteiger partial charge in [0.15, 0.2) is 17.3 Å². The summed E-state index contributed by atoms with van der Waals surface area (Å²) < 4.78 is 5.63. The molecule has 3 aromatic rings. The van der Waals surface area contributed by atoms with Gasteiger partial charge in [-0.1, -0.05) is 50.2 Å². The number of Topliss-reactive ketones (excluding diaryl/α,β-unsaturated/α-hetero) is 1. The SMILES string of the molecule is CCOc1cc(C2Nc3ccc4ccccc4c3C3=C2CC(C)(C)CC3=O)ccc1O. The molecule has 1 heterocycles. The summed E-state index contributed by atoms with van der Waals surface area (Å²) in [6, 6.07) is 17.8. The molecule has 31 heavy (non-hydrogen) atoms. The zero-order valence-electron chi connectivity index (χ0n) is 18.2. The molecule has 3 aromatic carbocycles. The number of hydrogen-bond donors (Lipinski definition) is 2. The van der Waals surface area contributed by atoms with E-state index in [1.54, 1.807) is 6.07 Å². The van der Waals surface area contributed by atoms with Crippen LogP contribution in [0, 0.1) is 5.41 Å². The lowest BCUT2D eigenvalue weighted by Crippen LogP contribution is -2.32. The van der Waals surface area contributed by atoms with Gasteiger partial charge < -0.3 is 15.2 Å². The highest BCUT2D eigenvalue weighted by Crippen LogP contribution is 2.52. The Morgan fingerprint density at radius 2 is 1.90 bits per heavy atom. The molecule has 158 valence electrons. The molecular weight excluding hydrogens is 386 g/mol. The van der Waals surface area contributed by atoms with Gasteiger partial charge in [-0.05, 0) is 58.9 Å². The number of anilines is 1. The molecule has 0 amide bonds. The number of phenols is 1. The van der Waals surface area contributed by atoms with Crippen LogP contribution >= 0.6 is 0 Å². The van der Waals surface area contributed by atoms with Crippen LogP contribution in [0.2, 0.25) is 0 Å². The van der Waals surface area contributed by atoms with Crippen molar-refractivity contribution in [3.63, 3.8) is 0 Å². The number of aromatic hydroxyl groups is 1. The zero-order valence-corrected chi connectivity index (χ0v) is 18.2. The van der Waals surface area contributed by atoms with Gasteiger partial charge in [0.05, 0.1) is 12.6 Å². The Kier molecular flexibility index (Phi) is 4.54. The Morgan fingerprint density at radius 3 is 2.71 bits per heavy atom. The highest BCUT2D eigenvalue weighted by Gasteiger charge is 2.40. The fourth-order valence-electron chi connectivity index (χ4n) is 5.08. The van der Waals surface area contributed by atoms with Crippen molar-refractivity contribution < 1.29 is 14.6 Å². The highest BCUT2D eigenvalue weighted by molar-refractivity contribution is 6.28. The number of ketones is 1. The number of fused-ring (bicyclic) bond motifs is 4. The van der Waals surface area contributed by atoms with Gasteiger partial charge in [0, 0.05) is 23.2 Å². The number of benzene rings is 3. The number of rotatable bonds is 3. The number of phenolic OH excluding ortho intramolecular Hbond substituents is 1. The maximum Gasteiger partial charge on any atom is 0.164 e. The lowest BCUT2D eigenvalue weighted by Gasteiger charge is -2.40. The summed E-state index contributed by atoms with van der Waals surface area (Å²) in [5, 5.41) is 16.1. The predicted octanol–water partition coefficient (Wildman–Crippen LogP) is 6.25. The Labute approximate surface area is 182 Å². The number of carbonyl (C=O) groups is 1. The van der Waals surface area contributed by atoms with E-state index in [0.717, 1.165) is 45.2 Å². The van der Waals surface area contributed by atoms with E-state index in [2.05, 4.69) is 43.4 Å². The molecule has 0 spiro atoms. The lowest BCUT2D eigenvalue weighted by atomic mass is 9.68. The molecule has 4 heteroatoms. The van der Waals surface area contributed by atoms with Gasteiger partial charge in [-0.2, -0.15) is 0 Å². The normalized spacial score (nSPS) is 19.6. The summed E-state index contributed by atoms with van der Waals surface area (Å²) in [6.45, 7) is 6.69. The van der Waals surface area contributed by atoms with Crippen molar-refractivity contribution in [2.45, 2.75) is 39.7 Å². The monoisotopic (exact) mass is 413 g/mol. The summed E-state index contributed by atoms with van der Waals surface area (Å²) in [5.74, 6) is 0.802. The van der Waals surface area contributed by atoms with Crippen molar-refractivity contribution in [3.05, 3.63) is 71.3 Å². The molecule has 5 rings (SSSR count). The van der Waals surface area contributed by atoms with Gasteiger partial charge in [-0.15, -0.1) is 0 Å². The Hall–Kier alpha value is -3.27. The molecule has 1 atom stereocenters. The topological polar surface area (TPSA) is 58.6 Å². The minimum absolute atomic E-state index is 0.0996. The van der Waals surface area contributed by atoms with E-state index in [-0.39, 0.29) is 23.0 Å². The standard InChI is InChI=1S/C27H27NO3/c1-4-31-23-13-17(10-12-21(23)29)26-19-14-27(2,3)15-22(30)25(19)24-18-8-6-5-7-16(18)9-11-20(24)28-26/h5-13,26,28-29H,4,14-15H2,1-3H3. The molecule has 0 bridgehead atoms. The van der Waals surface area contributed by atoms with Gasteiger partial charge in [0.1, 0.15) is 0 Å². The molecule has 1 aliphatic heterocycles. The van der Waals surface area contributed by atoms with E-state index in [0.29, 0.717) is 18.8 Å². The van der Waals surface area contributed by atoms with Crippen LogP contribution < -0.4 is 10.1 Å². The molecule has 0 radical (unpaired) electrons. The quantitative estimate of drug-likeness (QED) is 0.532. The van der Waals surface area contributed by atoms with Gasteiger partial charge in [0.2, 0.25) is 0 Å². The zero-order chi connectivity index (χ0) is 21.8. The maximum absolute atomic E-state index is 13.5. The fraction of sp³-hybridized carbons (Fsp3) is 0.296. The Balaban J connectivity index is 1.75. The molecule has 0 aromatic heterocycles. The summed E-state index contributed by atoms with van der Waals surface area (Å²) in [5.41, 5.74) is 4.87. The summed E-state index contributed by atoms with van der Waals surface area (Å²) in [7, 11) is 0. The molecule has 0 saturated heterocycles. The van der Waals surface area contributed by atoms with Crippen LogP contribution in [0.4, 0.5) is 5.69 Å². The minimum atomic E-state index is -0.146.